The van der Waals surface area contributed by atoms with E-state index in [-0.39, 0.29) is 0 Å². The fourth-order valence-corrected chi connectivity index (χ4v) is 2.53. The van der Waals surface area contributed by atoms with Crippen molar-refractivity contribution < 1.29 is 13.2 Å². The maximum Gasteiger partial charge on any atom is 0.417 e. The minimum absolute atomic E-state index is 0.535. The molecule has 1 aliphatic rings. The van der Waals surface area contributed by atoms with Gasteiger partial charge in [-0.3, -0.25) is 0 Å². The Morgan fingerprint density at radius 2 is 2.20 bits per heavy atom. The molecule has 2 heterocycles. The zero-order chi connectivity index (χ0) is 14.6. The molecule has 0 saturated carbocycles. The molecule has 0 spiro atoms. The third kappa shape index (κ3) is 3.85. The number of alkyl halides is 3. The van der Waals surface area contributed by atoms with Crippen LogP contribution in [0.1, 0.15) is 25.3 Å². The second kappa shape index (κ2) is 6.43. The van der Waals surface area contributed by atoms with Crippen LogP contribution in [0.4, 0.5) is 19.0 Å². The molecule has 1 aliphatic heterocycles. The highest BCUT2D eigenvalue weighted by Gasteiger charge is 2.31. The first kappa shape index (κ1) is 15.1. The molecule has 3 nitrogen and oxygen atoms in total. The summed E-state index contributed by atoms with van der Waals surface area (Å²) < 4.78 is 37.5. The average Bonchev–Trinajstić information content (AvgIpc) is 2.45. The molecule has 1 aromatic rings. The highest BCUT2D eigenvalue weighted by molar-refractivity contribution is 5.40. The van der Waals surface area contributed by atoms with E-state index in [1.165, 1.54) is 6.07 Å². The van der Waals surface area contributed by atoms with Gasteiger partial charge in [-0.1, -0.05) is 6.92 Å². The number of aromatic nitrogens is 1. The Morgan fingerprint density at radius 3 is 2.80 bits per heavy atom. The lowest BCUT2D eigenvalue weighted by molar-refractivity contribution is -0.137. The molecule has 1 N–H and O–H groups in total. The molecule has 0 radical (unpaired) electrons. The second-order valence-electron chi connectivity index (χ2n) is 5.16. The van der Waals surface area contributed by atoms with Gasteiger partial charge in [-0.25, -0.2) is 4.98 Å². The first-order valence-corrected chi connectivity index (χ1v) is 6.99. The van der Waals surface area contributed by atoms with Crippen molar-refractivity contribution in [2.24, 2.45) is 5.92 Å². The Kier molecular flexibility index (Phi) is 4.86. The van der Waals surface area contributed by atoms with E-state index in [0.717, 1.165) is 51.3 Å². The van der Waals surface area contributed by atoms with Crippen molar-refractivity contribution in [2.75, 3.05) is 31.1 Å². The first-order chi connectivity index (χ1) is 9.50. The van der Waals surface area contributed by atoms with Gasteiger partial charge in [0.05, 0.1) is 5.56 Å². The van der Waals surface area contributed by atoms with Crippen molar-refractivity contribution in [3.05, 3.63) is 23.9 Å². The molecule has 1 saturated heterocycles. The van der Waals surface area contributed by atoms with E-state index in [1.54, 1.807) is 0 Å². The number of piperidine rings is 1. The van der Waals surface area contributed by atoms with Gasteiger partial charge >= 0.3 is 6.18 Å². The molecule has 0 aliphatic carbocycles. The minimum atomic E-state index is -4.32. The van der Waals surface area contributed by atoms with E-state index in [0.29, 0.717) is 11.7 Å². The van der Waals surface area contributed by atoms with Crippen LogP contribution in [0.2, 0.25) is 0 Å². The normalized spacial score (nSPS) is 20.2. The highest BCUT2D eigenvalue weighted by Crippen LogP contribution is 2.30. The Balaban J connectivity index is 2.00. The third-order valence-electron chi connectivity index (χ3n) is 3.60. The lowest BCUT2D eigenvalue weighted by Gasteiger charge is -2.33. The zero-order valence-electron chi connectivity index (χ0n) is 11.6. The summed E-state index contributed by atoms with van der Waals surface area (Å²) in [6.07, 6.45) is -1.19. The SMILES string of the molecule is CCNCC1CCCN(c2ccc(C(F)(F)F)cn2)C1. The number of nitrogens with zero attached hydrogens (tertiary/aromatic N) is 2. The summed E-state index contributed by atoms with van der Waals surface area (Å²) in [6, 6.07) is 2.58. The molecule has 20 heavy (non-hydrogen) atoms. The van der Waals surface area contributed by atoms with Crippen molar-refractivity contribution in [2.45, 2.75) is 25.9 Å². The Bertz CT molecular complexity index is 417. The van der Waals surface area contributed by atoms with Crippen molar-refractivity contribution in [3.8, 4) is 0 Å². The maximum absolute atomic E-state index is 12.5. The lowest BCUT2D eigenvalue weighted by Crippen LogP contribution is -2.40. The van der Waals surface area contributed by atoms with Crippen LogP contribution in [0.15, 0.2) is 18.3 Å². The maximum atomic E-state index is 12.5. The van der Waals surface area contributed by atoms with E-state index in [1.807, 2.05) is 0 Å². The van der Waals surface area contributed by atoms with Crippen LogP contribution < -0.4 is 10.2 Å². The van der Waals surface area contributed by atoms with E-state index in [4.69, 9.17) is 0 Å². The predicted octanol–water partition coefficient (Wildman–Crippen LogP) is 2.93. The lowest BCUT2D eigenvalue weighted by atomic mass is 9.98. The molecule has 1 unspecified atom stereocenters. The number of pyridine rings is 1. The fraction of sp³-hybridized carbons (Fsp3) is 0.643. The van der Waals surface area contributed by atoms with Crippen LogP contribution >= 0.6 is 0 Å². The number of rotatable bonds is 4. The number of anilines is 1. The molecule has 1 atom stereocenters. The molecule has 112 valence electrons. The van der Waals surface area contributed by atoms with E-state index < -0.39 is 11.7 Å². The summed E-state index contributed by atoms with van der Waals surface area (Å²) in [4.78, 5) is 6.04. The molecule has 0 amide bonds. The van der Waals surface area contributed by atoms with Gasteiger partial charge in [-0.15, -0.1) is 0 Å². The van der Waals surface area contributed by atoms with Gasteiger partial charge in [0.25, 0.3) is 0 Å². The summed E-state index contributed by atoms with van der Waals surface area (Å²) in [7, 11) is 0. The molecule has 6 heteroatoms. The molecule has 1 fully saturated rings. The van der Waals surface area contributed by atoms with Crippen LogP contribution in [-0.2, 0) is 6.18 Å². The van der Waals surface area contributed by atoms with Crippen LogP contribution in [-0.4, -0.2) is 31.2 Å². The minimum Gasteiger partial charge on any atom is -0.356 e. The Labute approximate surface area is 117 Å². The summed E-state index contributed by atoms with van der Waals surface area (Å²) >= 11 is 0. The van der Waals surface area contributed by atoms with Gasteiger partial charge < -0.3 is 10.2 Å². The van der Waals surface area contributed by atoms with Gasteiger partial charge in [0, 0.05) is 19.3 Å². The fourth-order valence-electron chi connectivity index (χ4n) is 2.53. The van der Waals surface area contributed by atoms with Gasteiger partial charge in [0.2, 0.25) is 0 Å². The summed E-state index contributed by atoms with van der Waals surface area (Å²) in [6.45, 7) is 5.67. The average molecular weight is 287 g/mol. The zero-order valence-corrected chi connectivity index (χ0v) is 11.6. The smallest absolute Gasteiger partial charge is 0.356 e. The Hall–Kier alpha value is -1.30. The van der Waals surface area contributed by atoms with Crippen LogP contribution in [0.5, 0.6) is 0 Å². The predicted molar refractivity (Wildman–Crippen MR) is 72.7 cm³/mol. The van der Waals surface area contributed by atoms with Gasteiger partial charge in [-0.05, 0) is 44.0 Å². The molecule has 1 aromatic heterocycles. The van der Waals surface area contributed by atoms with Crippen LogP contribution in [0, 0.1) is 5.92 Å². The quantitative estimate of drug-likeness (QED) is 0.923. The van der Waals surface area contributed by atoms with Gasteiger partial charge in [0.1, 0.15) is 5.82 Å². The number of hydrogen-bond donors (Lipinski definition) is 1. The molecule has 2 rings (SSSR count). The summed E-state index contributed by atoms with van der Waals surface area (Å²) in [5.41, 5.74) is -0.692. The first-order valence-electron chi connectivity index (χ1n) is 6.99. The van der Waals surface area contributed by atoms with Crippen molar-refractivity contribution in [1.82, 2.24) is 10.3 Å². The second-order valence-corrected chi connectivity index (χ2v) is 5.16. The summed E-state index contributed by atoms with van der Waals surface area (Å²) in [5, 5.41) is 3.32. The number of halogens is 3. The largest absolute Gasteiger partial charge is 0.417 e. The van der Waals surface area contributed by atoms with Crippen LogP contribution in [0.3, 0.4) is 0 Å². The van der Waals surface area contributed by atoms with Gasteiger partial charge in [-0.2, -0.15) is 13.2 Å². The molecular weight excluding hydrogens is 267 g/mol. The molecule has 0 bridgehead atoms. The topological polar surface area (TPSA) is 28.2 Å². The molecular formula is C14H20F3N3. The van der Waals surface area contributed by atoms with Gasteiger partial charge in [0.15, 0.2) is 0 Å². The Morgan fingerprint density at radius 1 is 1.40 bits per heavy atom. The molecule has 0 aromatic carbocycles. The standard InChI is InChI=1S/C14H20F3N3/c1-2-18-8-11-4-3-7-20(10-11)13-6-5-12(9-19-13)14(15,16)17/h5-6,9,11,18H,2-4,7-8,10H2,1H3. The van der Waals surface area contributed by atoms with E-state index in [9.17, 15) is 13.2 Å². The van der Waals surface area contributed by atoms with E-state index in [2.05, 4.69) is 22.1 Å². The van der Waals surface area contributed by atoms with E-state index >= 15 is 0 Å². The monoisotopic (exact) mass is 287 g/mol. The van der Waals surface area contributed by atoms with Crippen molar-refractivity contribution in [3.63, 3.8) is 0 Å². The number of nitrogens with one attached hydrogen (secondary N) is 1. The highest BCUT2D eigenvalue weighted by atomic mass is 19.4. The van der Waals surface area contributed by atoms with Crippen molar-refractivity contribution in [1.29, 1.82) is 0 Å². The van der Waals surface area contributed by atoms with Crippen molar-refractivity contribution >= 4 is 5.82 Å². The third-order valence-corrected chi connectivity index (χ3v) is 3.60. The summed E-state index contributed by atoms with van der Waals surface area (Å²) in [5.74, 6) is 1.17. The number of hydrogen-bond acceptors (Lipinski definition) is 3. The van der Waals surface area contributed by atoms with Crippen LogP contribution in [0.25, 0.3) is 0 Å².